The first-order valence-electron chi connectivity index (χ1n) is 12.9. The Morgan fingerprint density at radius 1 is 0.600 bits per heavy atom. The Hall–Kier alpha value is -1.85. The van der Waals surface area contributed by atoms with Gasteiger partial charge in [0.25, 0.3) is 0 Å². The van der Waals surface area contributed by atoms with Gasteiger partial charge in [0.1, 0.15) is 0 Å². The summed E-state index contributed by atoms with van der Waals surface area (Å²) < 4.78 is 25.5. The van der Waals surface area contributed by atoms with Crippen molar-refractivity contribution in [2.45, 2.75) is 98.1 Å². The minimum atomic E-state index is -0.377. The number of rotatable bonds is 3. The van der Waals surface area contributed by atoms with Crippen molar-refractivity contribution in [1.29, 1.82) is 0 Å². The molecule has 0 spiro atoms. The average Bonchev–Trinajstić information content (AvgIpc) is 3.29. The van der Waals surface area contributed by atoms with Gasteiger partial charge in [0.05, 0.1) is 22.4 Å². The van der Waals surface area contributed by atoms with Crippen LogP contribution >= 0.6 is 0 Å². The van der Waals surface area contributed by atoms with Crippen LogP contribution in [0.5, 0.6) is 0 Å². The molecule has 0 atom stereocenters. The van der Waals surface area contributed by atoms with Crippen LogP contribution in [0.15, 0.2) is 42.0 Å². The second-order valence-electron chi connectivity index (χ2n) is 12.3. The van der Waals surface area contributed by atoms with Crippen LogP contribution in [0.25, 0.3) is 16.7 Å². The minimum absolute atomic E-state index is 0.366. The van der Waals surface area contributed by atoms with Gasteiger partial charge in [-0.2, -0.15) is 0 Å². The van der Waals surface area contributed by atoms with Gasteiger partial charge in [-0.25, -0.2) is 0 Å². The Kier molecular flexibility index (Phi) is 5.55. The topological polar surface area (TPSA) is 36.9 Å². The summed E-state index contributed by atoms with van der Waals surface area (Å²) in [6, 6.07) is 13.3. The van der Waals surface area contributed by atoms with Crippen LogP contribution < -0.4 is 10.9 Å². The summed E-state index contributed by atoms with van der Waals surface area (Å²) in [7, 11) is -0.755. The highest BCUT2D eigenvalue weighted by Crippen LogP contribution is 2.46. The summed E-state index contributed by atoms with van der Waals surface area (Å²) >= 11 is 0. The van der Waals surface area contributed by atoms with Gasteiger partial charge in [-0.05, 0) is 107 Å². The van der Waals surface area contributed by atoms with Gasteiger partial charge < -0.3 is 18.6 Å². The van der Waals surface area contributed by atoms with E-state index >= 15 is 0 Å². The maximum Gasteiger partial charge on any atom is 0.494 e. The highest BCUT2D eigenvalue weighted by Gasteiger charge is 2.53. The fourth-order valence-corrected chi connectivity index (χ4v) is 5.04. The van der Waals surface area contributed by atoms with E-state index in [1.165, 1.54) is 33.4 Å². The first-order chi connectivity index (χ1) is 16.2. The van der Waals surface area contributed by atoms with Gasteiger partial charge in [0.15, 0.2) is 0 Å². The molecule has 0 aromatic heterocycles. The number of benzene rings is 2. The third-order valence-electron chi connectivity index (χ3n) is 8.92. The quantitative estimate of drug-likeness (QED) is 0.472. The molecule has 2 aromatic carbocycles. The van der Waals surface area contributed by atoms with E-state index < -0.39 is 0 Å². The highest BCUT2D eigenvalue weighted by atomic mass is 16.7. The zero-order valence-corrected chi connectivity index (χ0v) is 23.0. The van der Waals surface area contributed by atoms with E-state index in [1.807, 2.05) is 0 Å². The molecule has 0 amide bonds. The Morgan fingerprint density at radius 2 is 0.943 bits per heavy atom. The standard InChI is InChI=1S/C29H38B2O4/c1-11-18(2)25-23-16-19(30-32-26(3,4)27(5,6)33-30)12-14-21(23)22-15-13-20(17-24(22)25)31-34-28(7,8)29(9,10)35-31/h12-17H,11H2,1-10H3. The van der Waals surface area contributed by atoms with Gasteiger partial charge in [0.2, 0.25) is 0 Å². The molecular weight excluding hydrogens is 434 g/mol. The highest BCUT2D eigenvalue weighted by molar-refractivity contribution is 6.62. The van der Waals surface area contributed by atoms with E-state index in [9.17, 15) is 0 Å². The molecule has 2 aliphatic heterocycles. The molecule has 0 radical (unpaired) electrons. The second kappa shape index (κ2) is 7.82. The predicted octanol–water partition coefficient (Wildman–Crippen LogP) is 5.50. The van der Waals surface area contributed by atoms with Crippen LogP contribution in [0.2, 0.25) is 0 Å². The lowest BCUT2D eigenvalue weighted by Crippen LogP contribution is -2.41. The molecule has 0 N–H and O–H groups in total. The third kappa shape index (κ3) is 3.76. The van der Waals surface area contributed by atoms with E-state index in [2.05, 4.69) is 106 Å². The van der Waals surface area contributed by atoms with Crippen LogP contribution in [0.1, 0.15) is 86.8 Å². The van der Waals surface area contributed by atoms with Gasteiger partial charge in [0, 0.05) is 0 Å². The van der Waals surface area contributed by atoms with Crippen molar-refractivity contribution in [3.05, 3.63) is 53.1 Å². The zero-order valence-electron chi connectivity index (χ0n) is 23.0. The molecule has 1 aliphatic carbocycles. The third-order valence-corrected chi connectivity index (χ3v) is 8.92. The molecular formula is C29H38B2O4. The van der Waals surface area contributed by atoms with Gasteiger partial charge in [-0.3, -0.25) is 0 Å². The smallest absolute Gasteiger partial charge is 0.399 e. The lowest BCUT2D eigenvalue weighted by molar-refractivity contribution is 0.00578. The molecule has 5 rings (SSSR count). The van der Waals surface area contributed by atoms with Crippen LogP contribution in [0.3, 0.4) is 0 Å². The Labute approximate surface area is 211 Å². The molecule has 6 heteroatoms. The molecule has 4 nitrogen and oxygen atoms in total. The molecule has 0 unspecified atom stereocenters. The molecule has 184 valence electrons. The van der Waals surface area contributed by atoms with Gasteiger partial charge in [-0.15, -0.1) is 0 Å². The summed E-state index contributed by atoms with van der Waals surface area (Å²) in [5.74, 6) is 0. The zero-order chi connectivity index (χ0) is 25.6. The van der Waals surface area contributed by atoms with E-state index in [-0.39, 0.29) is 36.6 Å². The minimum Gasteiger partial charge on any atom is -0.399 e. The summed E-state index contributed by atoms with van der Waals surface area (Å²) in [5, 5.41) is 0. The normalized spacial score (nSPS) is 23.0. The van der Waals surface area contributed by atoms with Crippen molar-refractivity contribution in [3.8, 4) is 11.1 Å². The number of hydrogen-bond donors (Lipinski definition) is 0. The fourth-order valence-electron chi connectivity index (χ4n) is 5.04. The first-order valence-corrected chi connectivity index (χ1v) is 12.9. The molecule has 0 bridgehead atoms. The van der Waals surface area contributed by atoms with Crippen molar-refractivity contribution in [1.82, 2.24) is 0 Å². The monoisotopic (exact) mass is 472 g/mol. The summed E-state index contributed by atoms with van der Waals surface area (Å²) in [4.78, 5) is 0. The summed E-state index contributed by atoms with van der Waals surface area (Å²) in [6.45, 7) is 21.2. The van der Waals surface area contributed by atoms with Crippen LogP contribution in [0, 0.1) is 0 Å². The maximum absolute atomic E-state index is 6.36. The van der Waals surface area contributed by atoms with Crippen LogP contribution in [0.4, 0.5) is 0 Å². The molecule has 2 fully saturated rings. The Bertz CT molecular complexity index is 1110. The number of hydrogen-bond acceptors (Lipinski definition) is 4. The first kappa shape index (κ1) is 24.8. The van der Waals surface area contributed by atoms with Crippen LogP contribution in [-0.2, 0) is 18.6 Å². The van der Waals surface area contributed by atoms with E-state index in [0.29, 0.717) is 0 Å². The van der Waals surface area contributed by atoms with Gasteiger partial charge >= 0.3 is 14.2 Å². The fraction of sp³-hybridized carbons (Fsp3) is 0.517. The van der Waals surface area contributed by atoms with Crippen LogP contribution in [-0.4, -0.2) is 36.6 Å². The number of allylic oxidation sites excluding steroid dienone is 1. The molecule has 35 heavy (non-hydrogen) atoms. The second-order valence-corrected chi connectivity index (χ2v) is 12.3. The van der Waals surface area contributed by atoms with Gasteiger partial charge in [-0.1, -0.05) is 48.9 Å². The van der Waals surface area contributed by atoms with Crippen molar-refractivity contribution in [2.75, 3.05) is 0 Å². The largest absolute Gasteiger partial charge is 0.494 e. The maximum atomic E-state index is 6.36. The molecule has 2 saturated heterocycles. The average molecular weight is 472 g/mol. The Morgan fingerprint density at radius 3 is 1.26 bits per heavy atom. The lowest BCUT2D eigenvalue weighted by Gasteiger charge is -2.32. The summed E-state index contributed by atoms with van der Waals surface area (Å²) in [6.07, 6.45) is 0.982. The van der Waals surface area contributed by atoms with Crippen molar-refractivity contribution in [3.63, 3.8) is 0 Å². The lowest BCUT2D eigenvalue weighted by atomic mass is 9.77. The van der Waals surface area contributed by atoms with E-state index in [1.54, 1.807) is 0 Å². The summed E-state index contributed by atoms with van der Waals surface area (Å²) in [5.41, 5.74) is 8.32. The molecule has 3 aliphatic rings. The van der Waals surface area contributed by atoms with Crippen molar-refractivity contribution >= 4 is 30.7 Å². The van der Waals surface area contributed by atoms with Crippen molar-refractivity contribution in [2.24, 2.45) is 0 Å². The SMILES string of the molecule is CCC(C)=C1c2cc(B3OC(C)(C)C(C)(C)O3)ccc2-c2ccc(B3OC(C)(C)C(C)(C)O3)cc21. The van der Waals surface area contributed by atoms with Crippen molar-refractivity contribution < 1.29 is 18.6 Å². The molecule has 0 saturated carbocycles. The Balaban J connectivity index is 1.56. The van der Waals surface area contributed by atoms with E-state index in [0.717, 1.165) is 17.3 Å². The predicted molar refractivity (Wildman–Crippen MR) is 145 cm³/mol. The molecule has 2 heterocycles. The number of fused-ring (bicyclic) bond motifs is 3. The van der Waals surface area contributed by atoms with E-state index in [4.69, 9.17) is 18.6 Å². The molecule has 2 aromatic rings.